The van der Waals surface area contributed by atoms with Crippen LogP contribution in [0.3, 0.4) is 0 Å². The summed E-state index contributed by atoms with van der Waals surface area (Å²) in [4.78, 5) is 14.4. The minimum absolute atomic E-state index is 0.0322. The van der Waals surface area contributed by atoms with Gasteiger partial charge in [-0.15, -0.1) is 0 Å². The zero-order valence-corrected chi connectivity index (χ0v) is 11.8. The number of anilines is 1. The topological polar surface area (TPSA) is 109 Å². The van der Waals surface area contributed by atoms with Gasteiger partial charge in [0.1, 0.15) is 11.8 Å². The van der Waals surface area contributed by atoms with Gasteiger partial charge in [0.05, 0.1) is 11.5 Å². The monoisotopic (exact) mass is 299 g/mol. The van der Waals surface area contributed by atoms with Crippen LogP contribution in [0.4, 0.5) is 11.5 Å². The lowest BCUT2D eigenvalue weighted by Gasteiger charge is -2.05. The molecule has 0 bridgehead atoms. The predicted octanol–water partition coefficient (Wildman–Crippen LogP) is 2.03. The minimum Gasteiger partial charge on any atom is -0.382 e. The average molecular weight is 299 g/mol. The molecule has 8 nitrogen and oxygen atoms in total. The SMILES string of the molecule is COCc1cn2ncnc(N)c2c1-c1ccc([N+](=O)[O-])cc1. The van der Waals surface area contributed by atoms with Gasteiger partial charge in [0.25, 0.3) is 5.69 Å². The molecular formula is C14H13N5O3. The Labute approximate surface area is 125 Å². The Morgan fingerprint density at radius 3 is 2.73 bits per heavy atom. The smallest absolute Gasteiger partial charge is 0.269 e. The van der Waals surface area contributed by atoms with Crippen LogP contribution in [0.5, 0.6) is 0 Å². The molecule has 2 heterocycles. The zero-order chi connectivity index (χ0) is 15.7. The van der Waals surface area contributed by atoms with Crippen LogP contribution in [-0.2, 0) is 11.3 Å². The van der Waals surface area contributed by atoms with Crippen LogP contribution in [0, 0.1) is 10.1 Å². The lowest BCUT2D eigenvalue weighted by atomic mass is 10.0. The number of non-ortho nitro benzene ring substituents is 1. The van der Waals surface area contributed by atoms with Crippen molar-refractivity contribution in [1.82, 2.24) is 14.6 Å². The van der Waals surface area contributed by atoms with Crippen LogP contribution in [0.2, 0.25) is 0 Å². The fourth-order valence-electron chi connectivity index (χ4n) is 2.42. The van der Waals surface area contributed by atoms with Gasteiger partial charge in [-0.2, -0.15) is 5.10 Å². The third-order valence-corrected chi connectivity index (χ3v) is 3.35. The number of nitro groups is 1. The minimum atomic E-state index is -0.435. The summed E-state index contributed by atoms with van der Waals surface area (Å²) in [6, 6.07) is 6.27. The van der Waals surface area contributed by atoms with E-state index >= 15 is 0 Å². The number of nitrogen functional groups attached to an aromatic ring is 1. The van der Waals surface area contributed by atoms with E-state index in [4.69, 9.17) is 10.5 Å². The van der Waals surface area contributed by atoms with Crippen molar-refractivity contribution in [3.8, 4) is 11.1 Å². The van der Waals surface area contributed by atoms with Crippen LogP contribution >= 0.6 is 0 Å². The number of benzene rings is 1. The summed E-state index contributed by atoms with van der Waals surface area (Å²) in [7, 11) is 1.59. The predicted molar refractivity (Wildman–Crippen MR) is 80.2 cm³/mol. The van der Waals surface area contributed by atoms with Crippen molar-refractivity contribution in [1.29, 1.82) is 0 Å². The Bertz CT molecular complexity index is 842. The molecule has 1 aromatic carbocycles. The van der Waals surface area contributed by atoms with Crippen molar-refractivity contribution in [3.63, 3.8) is 0 Å². The number of methoxy groups -OCH3 is 1. The second kappa shape index (κ2) is 5.41. The van der Waals surface area contributed by atoms with E-state index in [9.17, 15) is 10.1 Å². The van der Waals surface area contributed by atoms with Crippen LogP contribution < -0.4 is 5.73 Å². The summed E-state index contributed by atoms with van der Waals surface area (Å²) in [6.45, 7) is 0.370. The molecule has 2 aromatic heterocycles. The third-order valence-electron chi connectivity index (χ3n) is 3.35. The summed E-state index contributed by atoms with van der Waals surface area (Å²) < 4.78 is 6.84. The Kier molecular flexibility index (Phi) is 3.43. The van der Waals surface area contributed by atoms with Gasteiger partial charge in [-0.05, 0) is 17.7 Å². The Morgan fingerprint density at radius 2 is 2.09 bits per heavy atom. The standard InChI is InChI=1S/C14H13N5O3/c1-22-7-10-6-18-13(14(15)16-8-17-18)12(10)9-2-4-11(5-3-9)19(20)21/h2-6,8H,7H2,1H3,(H2,15,16,17). The van der Waals surface area contributed by atoms with Gasteiger partial charge in [0.2, 0.25) is 0 Å². The van der Waals surface area contributed by atoms with Gasteiger partial charge >= 0.3 is 0 Å². The molecule has 0 aliphatic carbocycles. The van der Waals surface area contributed by atoms with E-state index in [-0.39, 0.29) is 5.69 Å². The van der Waals surface area contributed by atoms with E-state index in [2.05, 4.69) is 10.1 Å². The molecule has 0 saturated carbocycles. The summed E-state index contributed by atoms with van der Waals surface area (Å²) in [5.41, 5.74) is 9.14. The number of rotatable bonds is 4. The van der Waals surface area contributed by atoms with Crippen LogP contribution in [0.1, 0.15) is 5.56 Å². The van der Waals surface area contributed by atoms with Gasteiger partial charge in [-0.3, -0.25) is 10.1 Å². The van der Waals surface area contributed by atoms with Gasteiger partial charge in [-0.25, -0.2) is 9.50 Å². The molecule has 112 valence electrons. The maximum Gasteiger partial charge on any atom is 0.269 e. The number of aromatic nitrogens is 3. The van der Waals surface area contributed by atoms with E-state index in [1.807, 2.05) is 6.20 Å². The normalized spacial score (nSPS) is 11.0. The van der Waals surface area contributed by atoms with Gasteiger partial charge in [0.15, 0.2) is 5.82 Å². The molecule has 2 N–H and O–H groups in total. The highest BCUT2D eigenvalue weighted by molar-refractivity contribution is 5.90. The fraction of sp³-hybridized carbons (Fsp3) is 0.143. The molecule has 0 amide bonds. The fourth-order valence-corrected chi connectivity index (χ4v) is 2.42. The Balaban J connectivity index is 2.23. The number of nitro benzene ring substituents is 1. The summed E-state index contributed by atoms with van der Waals surface area (Å²) in [5, 5.41) is 14.9. The maximum absolute atomic E-state index is 10.8. The van der Waals surface area contributed by atoms with Crippen molar-refractivity contribution in [3.05, 3.63) is 52.5 Å². The highest BCUT2D eigenvalue weighted by atomic mass is 16.6. The van der Waals surface area contributed by atoms with Crippen molar-refractivity contribution < 1.29 is 9.66 Å². The molecule has 8 heteroatoms. The Hall–Kier alpha value is -3.00. The molecule has 0 aliphatic rings. The molecule has 0 aliphatic heterocycles. The van der Waals surface area contributed by atoms with Crippen molar-refractivity contribution in [2.45, 2.75) is 6.61 Å². The highest BCUT2D eigenvalue weighted by Gasteiger charge is 2.17. The van der Waals surface area contributed by atoms with E-state index in [1.54, 1.807) is 23.8 Å². The second-order valence-electron chi connectivity index (χ2n) is 4.70. The first kappa shape index (κ1) is 14.0. The molecule has 0 spiro atoms. The van der Waals surface area contributed by atoms with Gasteiger partial charge in [0, 0.05) is 36.6 Å². The first-order valence-corrected chi connectivity index (χ1v) is 6.46. The van der Waals surface area contributed by atoms with Crippen molar-refractivity contribution in [2.75, 3.05) is 12.8 Å². The van der Waals surface area contributed by atoms with Gasteiger partial charge in [-0.1, -0.05) is 0 Å². The molecule has 3 rings (SSSR count). The lowest BCUT2D eigenvalue weighted by Crippen LogP contribution is -1.98. The number of hydrogen-bond donors (Lipinski definition) is 1. The van der Waals surface area contributed by atoms with Crippen molar-refractivity contribution >= 4 is 17.0 Å². The second-order valence-corrected chi connectivity index (χ2v) is 4.70. The maximum atomic E-state index is 10.8. The molecule has 0 fully saturated rings. The first-order valence-electron chi connectivity index (χ1n) is 6.46. The van der Waals surface area contributed by atoms with E-state index in [0.717, 1.165) is 16.7 Å². The summed E-state index contributed by atoms with van der Waals surface area (Å²) >= 11 is 0. The summed E-state index contributed by atoms with van der Waals surface area (Å²) in [5.74, 6) is 0.339. The number of ether oxygens (including phenoxy) is 1. The molecule has 3 aromatic rings. The van der Waals surface area contributed by atoms with Gasteiger partial charge < -0.3 is 10.5 Å². The third kappa shape index (κ3) is 2.25. The molecule has 22 heavy (non-hydrogen) atoms. The van der Waals surface area contributed by atoms with Crippen LogP contribution in [0.15, 0.2) is 36.8 Å². The number of nitrogens with zero attached hydrogens (tertiary/aromatic N) is 4. The Morgan fingerprint density at radius 1 is 1.36 bits per heavy atom. The van der Waals surface area contributed by atoms with Crippen molar-refractivity contribution in [2.24, 2.45) is 0 Å². The summed E-state index contributed by atoms with van der Waals surface area (Å²) in [6.07, 6.45) is 3.19. The quantitative estimate of drug-likeness (QED) is 0.583. The number of fused-ring (bicyclic) bond motifs is 1. The number of hydrogen-bond acceptors (Lipinski definition) is 6. The van der Waals surface area contributed by atoms with Crippen LogP contribution in [0.25, 0.3) is 16.6 Å². The lowest BCUT2D eigenvalue weighted by molar-refractivity contribution is -0.384. The molecule has 0 radical (unpaired) electrons. The average Bonchev–Trinajstić information content (AvgIpc) is 2.87. The van der Waals surface area contributed by atoms with E-state index in [0.29, 0.717) is 17.9 Å². The molecule has 0 atom stereocenters. The zero-order valence-electron chi connectivity index (χ0n) is 11.8. The van der Waals surface area contributed by atoms with E-state index < -0.39 is 4.92 Å². The van der Waals surface area contributed by atoms with E-state index in [1.165, 1.54) is 18.5 Å². The number of nitrogens with two attached hydrogens (primary N) is 1. The highest BCUT2D eigenvalue weighted by Crippen LogP contribution is 2.33. The molecular weight excluding hydrogens is 286 g/mol. The molecule has 0 saturated heterocycles. The first-order chi connectivity index (χ1) is 10.6. The molecule has 0 unspecified atom stereocenters. The largest absolute Gasteiger partial charge is 0.382 e. The van der Waals surface area contributed by atoms with Crippen LogP contribution in [-0.4, -0.2) is 26.6 Å².